The molecule has 0 saturated carbocycles. The van der Waals surface area contributed by atoms with Gasteiger partial charge in [-0.05, 0) is 42.3 Å². The lowest BCUT2D eigenvalue weighted by Gasteiger charge is -2.14. The monoisotopic (exact) mass is 502 g/mol. The van der Waals surface area contributed by atoms with Crippen LogP contribution in [-0.2, 0) is 34.3 Å². The van der Waals surface area contributed by atoms with Crippen LogP contribution in [0.2, 0.25) is 5.02 Å². The van der Waals surface area contributed by atoms with E-state index in [0.29, 0.717) is 12.0 Å². The number of alkyl halides is 6. The van der Waals surface area contributed by atoms with Gasteiger partial charge in [-0.15, -0.1) is 0 Å². The molecule has 0 radical (unpaired) electrons. The Kier molecular flexibility index (Phi) is 10.2. The molecule has 0 aliphatic carbocycles. The molecular formula is C19H17ClF6N2O3S. The van der Waals surface area contributed by atoms with Gasteiger partial charge in [0.1, 0.15) is 6.61 Å². The van der Waals surface area contributed by atoms with Crippen molar-refractivity contribution in [3.8, 4) is 0 Å². The van der Waals surface area contributed by atoms with E-state index in [4.69, 9.17) is 29.6 Å². The zero-order valence-corrected chi connectivity index (χ0v) is 18.0. The average Bonchev–Trinajstić information content (AvgIpc) is 2.65. The fourth-order valence-corrected chi connectivity index (χ4v) is 2.62. The van der Waals surface area contributed by atoms with Crippen LogP contribution >= 0.6 is 11.6 Å². The van der Waals surface area contributed by atoms with Gasteiger partial charge in [0, 0.05) is 10.6 Å². The topological polar surface area (TPSA) is 79.6 Å². The highest BCUT2D eigenvalue weighted by atomic mass is 35.5. The average molecular weight is 503 g/mol. The number of halogens is 7. The van der Waals surface area contributed by atoms with E-state index in [1.807, 2.05) is 0 Å². The summed E-state index contributed by atoms with van der Waals surface area (Å²) >= 11 is 5.84. The van der Waals surface area contributed by atoms with Crippen LogP contribution in [0.15, 0.2) is 47.6 Å². The Morgan fingerprint density at radius 1 is 1.03 bits per heavy atom. The Balaban J connectivity index is 0.00000118. The smallest absolute Gasteiger partial charge is 0.391 e. The van der Waals surface area contributed by atoms with Crippen LogP contribution in [0.25, 0.3) is 0 Å². The van der Waals surface area contributed by atoms with Crippen molar-refractivity contribution < 1.29 is 39.6 Å². The molecule has 0 saturated heterocycles. The van der Waals surface area contributed by atoms with Gasteiger partial charge in [-0.3, -0.25) is 0 Å². The summed E-state index contributed by atoms with van der Waals surface area (Å²) in [7, 11) is -2.61. The van der Waals surface area contributed by atoms with Crippen LogP contribution in [0.1, 0.15) is 42.0 Å². The summed E-state index contributed by atoms with van der Waals surface area (Å²) in [5, 5.41) is 3.92. The number of nitrogens with one attached hydrogen (secondary N) is 1. The van der Waals surface area contributed by atoms with Crippen LogP contribution in [0.3, 0.4) is 0 Å². The van der Waals surface area contributed by atoms with Crippen molar-refractivity contribution in [3.63, 3.8) is 0 Å². The van der Waals surface area contributed by atoms with Gasteiger partial charge in [-0.1, -0.05) is 42.2 Å². The molecule has 2 rings (SSSR count). The molecule has 0 atom stereocenters. The Morgan fingerprint density at radius 2 is 1.59 bits per heavy atom. The molecule has 1 N–H and O–H groups in total. The van der Waals surface area contributed by atoms with Crippen LogP contribution in [0, 0.1) is 4.78 Å². The lowest BCUT2D eigenvalue weighted by Crippen LogP contribution is -2.14. The first-order valence-corrected chi connectivity index (χ1v) is 10.2. The maximum Gasteiger partial charge on any atom is 0.417 e. The Labute approximate surface area is 186 Å². The molecule has 0 fully saturated rings. The second kappa shape index (κ2) is 11.9. The van der Waals surface area contributed by atoms with Crippen molar-refractivity contribution in [1.82, 2.24) is 0 Å². The lowest BCUT2D eigenvalue weighted by atomic mass is 9.99. The zero-order valence-electron chi connectivity index (χ0n) is 16.4. The molecule has 0 heterocycles. The van der Waals surface area contributed by atoms with E-state index in [-0.39, 0.29) is 29.3 Å². The van der Waals surface area contributed by atoms with Gasteiger partial charge in [0.15, 0.2) is 0 Å². The maximum absolute atomic E-state index is 13.3. The number of rotatable bonds is 6. The van der Waals surface area contributed by atoms with Crippen LogP contribution in [0.5, 0.6) is 0 Å². The van der Waals surface area contributed by atoms with Crippen molar-refractivity contribution in [2.45, 2.75) is 38.7 Å². The first-order valence-electron chi connectivity index (χ1n) is 8.78. The molecule has 0 unspecified atom stereocenters. The van der Waals surface area contributed by atoms with Crippen molar-refractivity contribution in [2.75, 3.05) is 0 Å². The van der Waals surface area contributed by atoms with Gasteiger partial charge in [0.05, 0.1) is 16.8 Å². The summed E-state index contributed by atoms with van der Waals surface area (Å²) in [4.78, 5) is 5.12. The van der Waals surface area contributed by atoms with Gasteiger partial charge < -0.3 is 4.84 Å². The van der Waals surface area contributed by atoms with E-state index in [1.165, 1.54) is 18.2 Å². The Bertz CT molecular complexity index is 1030. The van der Waals surface area contributed by atoms with Crippen molar-refractivity contribution in [3.05, 3.63) is 69.7 Å². The maximum atomic E-state index is 13.3. The van der Waals surface area contributed by atoms with E-state index in [0.717, 1.165) is 24.3 Å². The summed E-state index contributed by atoms with van der Waals surface area (Å²) in [6.45, 7) is 1.58. The first kappa shape index (κ1) is 27.4. The molecule has 32 heavy (non-hydrogen) atoms. The molecule has 0 aliphatic rings. The van der Waals surface area contributed by atoms with Gasteiger partial charge in [-0.25, -0.2) is 0 Å². The summed E-state index contributed by atoms with van der Waals surface area (Å²) in [6.07, 6.45) is -8.34. The molecule has 0 amide bonds. The molecule has 2 aromatic rings. The van der Waals surface area contributed by atoms with E-state index in [9.17, 15) is 26.3 Å². The summed E-state index contributed by atoms with van der Waals surface area (Å²) in [5.74, 6) is 0. The minimum atomic E-state index is -4.60. The van der Waals surface area contributed by atoms with Gasteiger partial charge in [0.25, 0.3) is 0 Å². The van der Waals surface area contributed by atoms with E-state index in [1.54, 1.807) is 6.92 Å². The standard InChI is InChI=1S/C19H16ClF6NO.HNO2S/c1-2-3-17(15-10-14(20)8-9-16(15)19(24,25)26)27-28-11-12-4-6-13(7-5-12)18(21,22)23;1-4(2)3/h4-10H,2-3,11H2,1H3;1H/b27-17+;. The van der Waals surface area contributed by atoms with Crippen molar-refractivity contribution in [1.29, 1.82) is 4.78 Å². The molecular weight excluding hydrogens is 486 g/mol. The number of oxime groups is 1. The van der Waals surface area contributed by atoms with Gasteiger partial charge in [0.2, 0.25) is 0 Å². The molecule has 0 aromatic heterocycles. The molecule has 0 bridgehead atoms. The second-order valence-electron chi connectivity index (χ2n) is 6.18. The largest absolute Gasteiger partial charge is 0.417 e. The third kappa shape index (κ3) is 9.27. The summed E-state index contributed by atoms with van der Waals surface area (Å²) < 4.78 is 100. The summed E-state index contributed by atoms with van der Waals surface area (Å²) in [6, 6.07) is 7.42. The highest BCUT2D eigenvalue weighted by Crippen LogP contribution is 2.34. The van der Waals surface area contributed by atoms with Crippen LogP contribution in [0.4, 0.5) is 26.3 Å². The SMILES string of the molecule is CCC/C(=N\OCc1ccc(C(F)(F)F)cc1)c1cc(Cl)ccc1C(F)(F)F.N=S(=O)=O. The molecule has 176 valence electrons. The van der Waals surface area contributed by atoms with E-state index < -0.39 is 34.0 Å². The minimum Gasteiger partial charge on any atom is -0.391 e. The minimum absolute atomic E-state index is 0.0595. The normalized spacial score (nSPS) is 12.1. The third-order valence-corrected chi connectivity index (χ3v) is 4.01. The van der Waals surface area contributed by atoms with Gasteiger partial charge >= 0.3 is 22.9 Å². The fourth-order valence-electron chi connectivity index (χ4n) is 2.44. The van der Waals surface area contributed by atoms with E-state index in [2.05, 4.69) is 5.16 Å². The predicted molar refractivity (Wildman–Crippen MR) is 106 cm³/mol. The van der Waals surface area contributed by atoms with Crippen molar-refractivity contribution in [2.24, 2.45) is 5.16 Å². The predicted octanol–water partition coefficient (Wildman–Crippen LogP) is 6.73. The highest BCUT2D eigenvalue weighted by Gasteiger charge is 2.34. The fraction of sp³-hybridized carbons (Fsp3) is 0.316. The zero-order chi connectivity index (χ0) is 24.5. The quantitative estimate of drug-likeness (QED) is 0.270. The summed E-state index contributed by atoms with van der Waals surface area (Å²) in [5.41, 5.74) is -1.42. The molecule has 13 heteroatoms. The molecule has 0 aliphatic heterocycles. The number of nitrogens with zero attached hydrogens (tertiary/aromatic N) is 1. The highest BCUT2D eigenvalue weighted by molar-refractivity contribution is 7.60. The van der Waals surface area contributed by atoms with Crippen LogP contribution in [-0.4, -0.2) is 14.1 Å². The lowest BCUT2D eigenvalue weighted by molar-refractivity contribution is -0.138. The number of benzene rings is 2. The first-order chi connectivity index (χ1) is 14.8. The number of hydrogen-bond donors (Lipinski definition) is 1. The Hall–Kier alpha value is -2.60. The molecule has 2 aromatic carbocycles. The molecule has 5 nitrogen and oxygen atoms in total. The van der Waals surface area contributed by atoms with Gasteiger partial charge in [-0.2, -0.15) is 39.5 Å². The van der Waals surface area contributed by atoms with E-state index >= 15 is 0 Å². The third-order valence-electron chi connectivity index (χ3n) is 3.77. The van der Waals surface area contributed by atoms with Crippen LogP contribution < -0.4 is 0 Å². The van der Waals surface area contributed by atoms with Crippen molar-refractivity contribution >= 4 is 27.8 Å². The second-order valence-corrected chi connectivity index (χ2v) is 7.08. The Morgan fingerprint density at radius 3 is 2.06 bits per heavy atom. The molecule has 0 spiro atoms. The number of hydrogen-bond acceptors (Lipinski definition) is 5.